The largest absolute Gasteiger partial charge is 0.573 e. The summed E-state index contributed by atoms with van der Waals surface area (Å²) in [4.78, 5) is 0. The molecular formula is C11H12F4O. The molecule has 0 bridgehead atoms. The maximum absolute atomic E-state index is 13.2. The van der Waals surface area contributed by atoms with E-state index in [4.69, 9.17) is 0 Å². The van der Waals surface area contributed by atoms with E-state index in [9.17, 15) is 17.6 Å². The zero-order valence-electron chi connectivity index (χ0n) is 9.15. The SMILES string of the molecule is Cc1cc(OC(F)(F)F)c(C(C)C)cc1F. The predicted octanol–water partition coefficient (Wildman–Crippen LogP) is 4.16. The summed E-state index contributed by atoms with van der Waals surface area (Å²) in [5.74, 6) is -1.10. The normalized spacial score (nSPS) is 12.0. The minimum absolute atomic E-state index is 0.128. The molecule has 0 aromatic heterocycles. The van der Waals surface area contributed by atoms with Gasteiger partial charge in [-0.1, -0.05) is 13.8 Å². The topological polar surface area (TPSA) is 9.23 Å². The number of ether oxygens (including phenoxy) is 1. The van der Waals surface area contributed by atoms with Gasteiger partial charge in [-0.05, 0) is 36.1 Å². The molecule has 1 aromatic rings. The lowest BCUT2D eigenvalue weighted by atomic mass is 10.0. The second-order valence-electron chi connectivity index (χ2n) is 3.84. The van der Waals surface area contributed by atoms with Crippen molar-refractivity contribution in [2.75, 3.05) is 0 Å². The number of rotatable bonds is 2. The summed E-state index contributed by atoms with van der Waals surface area (Å²) in [6, 6.07) is 2.15. The highest BCUT2D eigenvalue weighted by Crippen LogP contribution is 2.33. The molecule has 16 heavy (non-hydrogen) atoms. The first-order chi connectivity index (χ1) is 7.20. The highest BCUT2D eigenvalue weighted by molar-refractivity contribution is 5.40. The Bertz CT molecular complexity index is 382. The van der Waals surface area contributed by atoms with E-state index in [-0.39, 0.29) is 22.8 Å². The van der Waals surface area contributed by atoms with Crippen molar-refractivity contribution in [3.8, 4) is 5.75 Å². The minimum atomic E-state index is -4.76. The molecule has 0 unspecified atom stereocenters. The van der Waals surface area contributed by atoms with Crippen LogP contribution in [0.5, 0.6) is 5.75 Å². The minimum Gasteiger partial charge on any atom is -0.405 e. The van der Waals surface area contributed by atoms with Gasteiger partial charge >= 0.3 is 6.36 Å². The number of halogens is 4. The summed E-state index contributed by atoms with van der Waals surface area (Å²) >= 11 is 0. The zero-order valence-corrected chi connectivity index (χ0v) is 9.15. The molecule has 0 saturated heterocycles. The van der Waals surface area contributed by atoms with E-state index in [1.54, 1.807) is 13.8 Å². The summed E-state index contributed by atoms with van der Waals surface area (Å²) in [6.07, 6.45) is -4.76. The molecule has 0 radical (unpaired) electrons. The monoisotopic (exact) mass is 236 g/mol. The number of hydrogen-bond donors (Lipinski definition) is 0. The molecule has 1 rings (SSSR count). The van der Waals surface area contributed by atoms with Gasteiger partial charge in [0.15, 0.2) is 0 Å². The van der Waals surface area contributed by atoms with E-state index in [0.29, 0.717) is 0 Å². The molecule has 0 heterocycles. The van der Waals surface area contributed by atoms with Crippen LogP contribution < -0.4 is 4.74 Å². The number of hydrogen-bond acceptors (Lipinski definition) is 1. The third kappa shape index (κ3) is 3.12. The lowest BCUT2D eigenvalue weighted by Gasteiger charge is -2.16. The summed E-state index contributed by atoms with van der Waals surface area (Å²) in [6.45, 7) is 4.74. The van der Waals surface area contributed by atoms with Crippen LogP contribution in [0.25, 0.3) is 0 Å². The molecule has 0 fully saturated rings. The maximum atomic E-state index is 13.2. The van der Waals surface area contributed by atoms with Crippen molar-refractivity contribution in [2.45, 2.75) is 33.1 Å². The Morgan fingerprint density at radius 1 is 1.19 bits per heavy atom. The van der Waals surface area contributed by atoms with Crippen LogP contribution in [0, 0.1) is 12.7 Å². The summed E-state index contributed by atoms with van der Waals surface area (Å²) in [5.41, 5.74) is 0.337. The molecule has 0 aliphatic carbocycles. The smallest absolute Gasteiger partial charge is 0.405 e. The average molecular weight is 236 g/mol. The van der Waals surface area contributed by atoms with Gasteiger partial charge in [-0.25, -0.2) is 4.39 Å². The molecule has 0 amide bonds. The first-order valence-electron chi connectivity index (χ1n) is 4.76. The van der Waals surface area contributed by atoms with Crippen molar-refractivity contribution in [2.24, 2.45) is 0 Å². The van der Waals surface area contributed by atoms with Gasteiger partial charge in [0.25, 0.3) is 0 Å². The van der Waals surface area contributed by atoms with Crippen molar-refractivity contribution in [1.82, 2.24) is 0 Å². The molecule has 0 aliphatic rings. The average Bonchev–Trinajstić information content (AvgIpc) is 2.07. The Hall–Kier alpha value is -1.26. The molecule has 0 atom stereocenters. The van der Waals surface area contributed by atoms with Crippen LogP contribution in [-0.4, -0.2) is 6.36 Å². The number of benzene rings is 1. The Kier molecular flexibility index (Phi) is 3.45. The van der Waals surface area contributed by atoms with Gasteiger partial charge < -0.3 is 4.74 Å². The third-order valence-corrected chi connectivity index (χ3v) is 2.14. The molecule has 90 valence electrons. The van der Waals surface area contributed by atoms with E-state index in [1.165, 1.54) is 6.92 Å². The van der Waals surface area contributed by atoms with Crippen molar-refractivity contribution in [3.05, 3.63) is 29.1 Å². The first-order valence-corrected chi connectivity index (χ1v) is 4.76. The van der Waals surface area contributed by atoms with E-state index < -0.39 is 12.2 Å². The Balaban J connectivity index is 3.20. The number of aryl methyl sites for hydroxylation is 1. The van der Waals surface area contributed by atoms with Gasteiger partial charge in [0.2, 0.25) is 0 Å². The Morgan fingerprint density at radius 3 is 2.19 bits per heavy atom. The Morgan fingerprint density at radius 2 is 1.75 bits per heavy atom. The third-order valence-electron chi connectivity index (χ3n) is 2.14. The first kappa shape index (κ1) is 12.8. The van der Waals surface area contributed by atoms with E-state index in [2.05, 4.69) is 4.74 Å². The molecule has 1 nitrogen and oxygen atoms in total. The summed E-state index contributed by atoms with van der Waals surface area (Å²) in [5, 5.41) is 0. The molecule has 0 saturated carbocycles. The van der Waals surface area contributed by atoms with Crippen LogP contribution in [0.4, 0.5) is 17.6 Å². The second-order valence-corrected chi connectivity index (χ2v) is 3.84. The fourth-order valence-electron chi connectivity index (χ4n) is 1.33. The highest BCUT2D eigenvalue weighted by atomic mass is 19.4. The molecular weight excluding hydrogens is 224 g/mol. The maximum Gasteiger partial charge on any atom is 0.573 e. The molecule has 0 aliphatic heterocycles. The lowest BCUT2D eigenvalue weighted by molar-refractivity contribution is -0.275. The van der Waals surface area contributed by atoms with Crippen LogP contribution in [0.15, 0.2) is 12.1 Å². The summed E-state index contributed by atoms with van der Waals surface area (Å²) in [7, 11) is 0. The van der Waals surface area contributed by atoms with Gasteiger partial charge in [0, 0.05) is 0 Å². The van der Waals surface area contributed by atoms with Crippen molar-refractivity contribution < 1.29 is 22.3 Å². The molecule has 0 N–H and O–H groups in total. The van der Waals surface area contributed by atoms with Crippen molar-refractivity contribution in [3.63, 3.8) is 0 Å². The van der Waals surface area contributed by atoms with E-state index in [1.807, 2.05) is 0 Å². The van der Waals surface area contributed by atoms with E-state index >= 15 is 0 Å². The van der Waals surface area contributed by atoms with Crippen LogP contribution in [0.2, 0.25) is 0 Å². The molecule has 0 spiro atoms. The summed E-state index contributed by atoms with van der Waals surface area (Å²) < 4.78 is 53.4. The van der Waals surface area contributed by atoms with Gasteiger partial charge in [-0.2, -0.15) is 0 Å². The van der Waals surface area contributed by atoms with Gasteiger partial charge in [0.1, 0.15) is 11.6 Å². The highest BCUT2D eigenvalue weighted by Gasteiger charge is 2.32. The van der Waals surface area contributed by atoms with Crippen molar-refractivity contribution >= 4 is 0 Å². The Labute approximate surface area is 91.0 Å². The predicted molar refractivity (Wildman–Crippen MR) is 51.9 cm³/mol. The van der Waals surface area contributed by atoms with Crippen LogP contribution >= 0.6 is 0 Å². The van der Waals surface area contributed by atoms with Gasteiger partial charge in [0.05, 0.1) is 0 Å². The number of alkyl halides is 3. The van der Waals surface area contributed by atoms with E-state index in [0.717, 1.165) is 12.1 Å². The zero-order chi connectivity index (χ0) is 12.5. The quantitative estimate of drug-likeness (QED) is 0.700. The van der Waals surface area contributed by atoms with Crippen LogP contribution in [-0.2, 0) is 0 Å². The molecule has 1 aromatic carbocycles. The fourth-order valence-corrected chi connectivity index (χ4v) is 1.33. The lowest BCUT2D eigenvalue weighted by Crippen LogP contribution is -2.18. The second kappa shape index (κ2) is 4.31. The molecule has 5 heteroatoms. The van der Waals surface area contributed by atoms with Crippen LogP contribution in [0.1, 0.15) is 30.9 Å². The fraction of sp³-hybridized carbons (Fsp3) is 0.455. The van der Waals surface area contributed by atoms with Crippen LogP contribution in [0.3, 0.4) is 0 Å². The van der Waals surface area contributed by atoms with Gasteiger partial charge in [-0.15, -0.1) is 13.2 Å². The van der Waals surface area contributed by atoms with Crippen molar-refractivity contribution in [1.29, 1.82) is 0 Å². The van der Waals surface area contributed by atoms with Gasteiger partial charge in [-0.3, -0.25) is 0 Å². The standard InChI is InChI=1S/C11H12F4O/c1-6(2)8-5-9(12)7(3)4-10(8)16-11(13,14)15/h4-6H,1-3H3.